The van der Waals surface area contributed by atoms with E-state index in [-0.39, 0.29) is 12.0 Å². The van der Waals surface area contributed by atoms with Crippen molar-refractivity contribution >= 4 is 0 Å². The van der Waals surface area contributed by atoms with Gasteiger partial charge >= 0.3 is 0 Å². The second kappa shape index (κ2) is 6.54. The Balaban J connectivity index is 1.48. The van der Waals surface area contributed by atoms with Gasteiger partial charge in [-0.25, -0.2) is 9.07 Å². The number of hydrogen-bond acceptors (Lipinski definition) is 5. The first-order chi connectivity index (χ1) is 11.8. The Morgan fingerprint density at radius 3 is 2.92 bits per heavy atom. The lowest BCUT2D eigenvalue weighted by Crippen LogP contribution is -2.23. The molecule has 1 fully saturated rings. The molecular weight excluding hydrogens is 311 g/mol. The summed E-state index contributed by atoms with van der Waals surface area (Å²) < 4.78 is 26.6. The van der Waals surface area contributed by atoms with Crippen LogP contribution in [0.15, 0.2) is 53.3 Å². The molecule has 0 radical (unpaired) electrons. The summed E-state index contributed by atoms with van der Waals surface area (Å²) in [6, 6.07) is 10.5. The minimum absolute atomic E-state index is 0.244. The second-order valence-corrected chi connectivity index (χ2v) is 5.71. The third kappa shape index (κ3) is 3.08. The first-order valence-electron chi connectivity index (χ1n) is 7.81. The van der Waals surface area contributed by atoms with Gasteiger partial charge in [0.05, 0.1) is 32.2 Å². The van der Waals surface area contributed by atoms with E-state index in [0.717, 1.165) is 18.0 Å². The molecule has 7 heteroatoms. The Morgan fingerprint density at radius 2 is 2.08 bits per heavy atom. The first-order valence-corrected chi connectivity index (χ1v) is 7.81. The van der Waals surface area contributed by atoms with E-state index >= 15 is 0 Å². The molecule has 2 aromatic heterocycles. The van der Waals surface area contributed by atoms with Crippen molar-refractivity contribution in [2.24, 2.45) is 0 Å². The smallest absolute Gasteiger partial charge is 0.157 e. The molecule has 6 nitrogen and oxygen atoms in total. The fourth-order valence-electron chi connectivity index (χ4n) is 2.85. The Morgan fingerprint density at radius 1 is 1.17 bits per heavy atom. The molecular formula is C17H17FN4O2. The van der Waals surface area contributed by atoms with E-state index in [1.54, 1.807) is 35.3 Å². The van der Waals surface area contributed by atoms with Crippen LogP contribution in [0.1, 0.15) is 23.2 Å². The molecule has 3 aromatic rings. The van der Waals surface area contributed by atoms with E-state index in [2.05, 4.69) is 15.2 Å². The predicted molar refractivity (Wildman–Crippen MR) is 83.3 cm³/mol. The van der Waals surface area contributed by atoms with E-state index in [0.29, 0.717) is 25.3 Å². The molecule has 1 aliphatic rings. The summed E-state index contributed by atoms with van der Waals surface area (Å²) >= 11 is 0. The lowest BCUT2D eigenvalue weighted by Gasteiger charge is -2.19. The molecule has 0 amide bonds. The zero-order valence-electron chi connectivity index (χ0n) is 13.0. The zero-order valence-corrected chi connectivity index (χ0v) is 13.0. The van der Waals surface area contributed by atoms with Gasteiger partial charge in [-0.1, -0.05) is 23.4 Å². The Kier molecular flexibility index (Phi) is 4.10. The third-order valence-corrected chi connectivity index (χ3v) is 4.02. The molecule has 124 valence electrons. The van der Waals surface area contributed by atoms with Gasteiger partial charge in [-0.05, 0) is 18.2 Å². The van der Waals surface area contributed by atoms with E-state index in [1.165, 1.54) is 6.07 Å². The highest BCUT2D eigenvalue weighted by atomic mass is 19.1. The standard InChI is InChI=1S/C17H17FN4O2/c18-15-6-2-1-4-13(15)10-22-12-16(19-20-22)17-21(7-9-24-17)11-14-5-3-8-23-14/h1-6,8,12,17H,7,9-11H2/t17-/m0/s1. The fourth-order valence-corrected chi connectivity index (χ4v) is 2.85. The van der Waals surface area contributed by atoms with Gasteiger partial charge in [-0.2, -0.15) is 0 Å². The van der Waals surface area contributed by atoms with Crippen LogP contribution in [0.4, 0.5) is 4.39 Å². The van der Waals surface area contributed by atoms with Crippen LogP contribution >= 0.6 is 0 Å². The Bertz CT molecular complexity index is 803. The average Bonchev–Trinajstić information content (AvgIpc) is 3.32. The van der Waals surface area contributed by atoms with Crippen LogP contribution in [0.3, 0.4) is 0 Å². The summed E-state index contributed by atoms with van der Waals surface area (Å²) in [6.07, 6.45) is 3.20. The number of benzene rings is 1. The SMILES string of the molecule is Fc1ccccc1Cn1cc([C@@H]2OCCN2Cc2ccco2)nn1. The summed E-state index contributed by atoms with van der Waals surface area (Å²) in [4.78, 5) is 2.14. The van der Waals surface area contributed by atoms with Crippen molar-refractivity contribution in [1.29, 1.82) is 0 Å². The van der Waals surface area contributed by atoms with E-state index < -0.39 is 0 Å². The minimum Gasteiger partial charge on any atom is -0.468 e. The highest BCUT2D eigenvalue weighted by Gasteiger charge is 2.30. The molecule has 1 saturated heterocycles. The quantitative estimate of drug-likeness (QED) is 0.720. The summed E-state index contributed by atoms with van der Waals surface area (Å²) in [7, 11) is 0. The Labute approximate surface area is 138 Å². The average molecular weight is 328 g/mol. The number of ether oxygens (including phenoxy) is 1. The number of furan rings is 1. The maximum Gasteiger partial charge on any atom is 0.157 e. The van der Waals surface area contributed by atoms with Gasteiger partial charge in [0.25, 0.3) is 0 Å². The lowest BCUT2D eigenvalue weighted by atomic mass is 10.2. The van der Waals surface area contributed by atoms with Crippen LogP contribution in [-0.2, 0) is 17.8 Å². The van der Waals surface area contributed by atoms with E-state index in [4.69, 9.17) is 9.15 Å². The fraction of sp³-hybridized carbons (Fsp3) is 0.294. The molecule has 24 heavy (non-hydrogen) atoms. The highest BCUT2D eigenvalue weighted by molar-refractivity contribution is 5.17. The van der Waals surface area contributed by atoms with Crippen LogP contribution in [0.25, 0.3) is 0 Å². The number of nitrogens with zero attached hydrogens (tertiary/aromatic N) is 4. The van der Waals surface area contributed by atoms with Gasteiger partial charge in [-0.3, -0.25) is 4.90 Å². The number of hydrogen-bond donors (Lipinski definition) is 0. The van der Waals surface area contributed by atoms with Crippen LogP contribution < -0.4 is 0 Å². The first kappa shape index (κ1) is 15.0. The molecule has 0 spiro atoms. The zero-order chi connectivity index (χ0) is 16.4. The molecule has 0 bridgehead atoms. The second-order valence-electron chi connectivity index (χ2n) is 5.71. The van der Waals surface area contributed by atoms with Gasteiger partial charge in [0, 0.05) is 12.1 Å². The van der Waals surface area contributed by atoms with Gasteiger partial charge < -0.3 is 9.15 Å². The number of rotatable bonds is 5. The van der Waals surface area contributed by atoms with E-state index in [1.807, 2.05) is 12.1 Å². The Hall–Kier alpha value is -2.51. The molecule has 0 aliphatic carbocycles. The van der Waals surface area contributed by atoms with Crippen molar-refractivity contribution in [2.45, 2.75) is 19.3 Å². The molecule has 0 unspecified atom stereocenters. The summed E-state index contributed by atoms with van der Waals surface area (Å²) in [5.41, 5.74) is 1.30. The minimum atomic E-state index is -0.260. The predicted octanol–water partition coefficient (Wildman–Crippen LogP) is 2.59. The van der Waals surface area contributed by atoms with E-state index in [9.17, 15) is 4.39 Å². The van der Waals surface area contributed by atoms with Crippen molar-refractivity contribution in [1.82, 2.24) is 19.9 Å². The maximum atomic E-state index is 13.8. The van der Waals surface area contributed by atoms with Crippen molar-refractivity contribution in [2.75, 3.05) is 13.2 Å². The molecule has 0 N–H and O–H groups in total. The van der Waals surface area contributed by atoms with Gasteiger partial charge in [0.2, 0.25) is 0 Å². The van der Waals surface area contributed by atoms with Crippen LogP contribution in [0.5, 0.6) is 0 Å². The highest BCUT2D eigenvalue weighted by Crippen LogP contribution is 2.27. The molecule has 4 rings (SSSR count). The summed E-state index contributed by atoms with van der Waals surface area (Å²) in [5, 5.41) is 8.30. The maximum absolute atomic E-state index is 13.8. The van der Waals surface area contributed by atoms with Crippen molar-refractivity contribution in [3.05, 3.63) is 71.7 Å². The van der Waals surface area contributed by atoms with Gasteiger partial charge in [0.15, 0.2) is 6.23 Å². The molecule has 0 saturated carbocycles. The van der Waals surface area contributed by atoms with Gasteiger partial charge in [0.1, 0.15) is 17.3 Å². The monoisotopic (exact) mass is 328 g/mol. The van der Waals surface area contributed by atoms with Crippen LogP contribution in [0.2, 0.25) is 0 Å². The van der Waals surface area contributed by atoms with Crippen LogP contribution in [-0.4, -0.2) is 33.0 Å². The summed E-state index contributed by atoms with van der Waals surface area (Å²) in [6.45, 7) is 2.42. The number of halogens is 1. The third-order valence-electron chi connectivity index (χ3n) is 4.02. The molecule has 1 aliphatic heterocycles. The molecule has 3 heterocycles. The number of aromatic nitrogens is 3. The summed E-state index contributed by atoms with van der Waals surface area (Å²) in [5.74, 6) is 0.635. The molecule has 1 aromatic carbocycles. The van der Waals surface area contributed by atoms with Gasteiger partial charge in [-0.15, -0.1) is 5.10 Å². The molecule has 1 atom stereocenters. The van der Waals surface area contributed by atoms with Crippen molar-refractivity contribution < 1.29 is 13.5 Å². The largest absolute Gasteiger partial charge is 0.468 e. The van der Waals surface area contributed by atoms with Crippen LogP contribution in [0, 0.1) is 5.82 Å². The lowest BCUT2D eigenvalue weighted by molar-refractivity contribution is 0.0223. The normalized spacial score (nSPS) is 18.3. The van der Waals surface area contributed by atoms with Crippen molar-refractivity contribution in [3.8, 4) is 0 Å². The topological polar surface area (TPSA) is 56.3 Å². The van der Waals surface area contributed by atoms with Crippen molar-refractivity contribution in [3.63, 3.8) is 0 Å².